The number of carbonyl (C=O) groups is 1. The van der Waals surface area contributed by atoms with Crippen LogP contribution in [-0.2, 0) is 11.4 Å². The molecule has 2 atom stereocenters. The summed E-state index contributed by atoms with van der Waals surface area (Å²) in [5.41, 5.74) is 4.77. The van der Waals surface area contributed by atoms with Gasteiger partial charge in [0.15, 0.2) is 6.10 Å². The predicted octanol–water partition coefficient (Wildman–Crippen LogP) is -1.35. The van der Waals surface area contributed by atoms with Gasteiger partial charge in [0.25, 0.3) is 0 Å². The first-order valence-corrected chi connectivity index (χ1v) is 3.91. The zero-order chi connectivity index (χ0) is 10.7. The fourth-order valence-electron chi connectivity index (χ4n) is 0.950. The van der Waals surface area contributed by atoms with Gasteiger partial charge in [-0.1, -0.05) is 0 Å². The summed E-state index contributed by atoms with van der Waals surface area (Å²) in [4.78, 5) is 10.5. The summed E-state index contributed by atoms with van der Waals surface area (Å²) in [6.07, 6.45) is -3.22. The molecule has 0 bridgehead atoms. The molecule has 1 heterocycles. The maximum atomic E-state index is 10.5. The van der Waals surface area contributed by atoms with Gasteiger partial charge < -0.3 is 25.5 Å². The molecule has 1 rings (SSSR count). The van der Waals surface area contributed by atoms with Crippen molar-refractivity contribution < 1.29 is 24.5 Å². The third kappa shape index (κ3) is 2.11. The van der Waals surface area contributed by atoms with Crippen molar-refractivity contribution in [1.82, 2.24) is 0 Å². The molecule has 0 radical (unpaired) electrons. The largest absolute Gasteiger partial charge is 0.461 e. The van der Waals surface area contributed by atoms with Crippen LogP contribution in [0.4, 0.5) is 0 Å². The second kappa shape index (κ2) is 4.23. The summed E-state index contributed by atoms with van der Waals surface area (Å²) in [5, 5.41) is 27.1. The molecule has 78 valence electrons. The van der Waals surface area contributed by atoms with Crippen molar-refractivity contribution in [2.75, 3.05) is 0 Å². The second-order valence-corrected chi connectivity index (χ2v) is 2.75. The molecule has 6 heteroatoms. The van der Waals surface area contributed by atoms with Gasteiger partial charge in [-0.15, -0.1) is 0 Å². The van der Waals surface area contributed by atoms with Gasteiger partial charge in [-0.05, 0) is 12.1 Å². The fraction of sp³-hybridized carbons (Fsp3) is 0.375. The topological polar surface area (TPSA) is 117 Å². The number of hydrogen-bond donors (Lipinski definition) is 4. The molecule has 0 fully saturated rings. The van der Waals surface area contributed by atoms with Crippen LogP contribution < -0.4 is 5.73 Å². The lowest BCUT2D eigenvalue weighted by Crippen LogP contribution is -2.33. The van der Waals surface area contributed by atoms with E-state index < -0.39 is 18.1 Å². The van der Waals surface area contributed by atoms with Crippen LogP contribution in [0.1, 0.15) is 17.6 Å². The van der Waals surface area contributed by atoms with Crippen LogP contribution in [0, 0.1) is 0 Å². The first-order valence-electron chi connectivity index (χ1n) is 3.91. The van der Waals surface area contributed by atoms with Gasteiger partial charge in [0.1, 0.15) is 24.2 Å². The Kier molecular flexibility index (Phi) is 3.23. The third-order valence-electron chi connectivity index (χ3n) is 1.72. The molecule has 1 amide bonds. The predicted molar refractivity (Wildman–Crippen MR) is 44.8 cm³/mol. The molecule has 6 nitrogen and oxygen atoms in total. The Balaban J connectivity index is 2.78. The van der Waals surface area contributed by atoms with Crippen molar-refractivity contribution in [3.8, 4) is 0 Å². The molecule has 0 aliphatic carbocycles. The molecule has 0 spiro atoms. The van der Waals surface area contributed by atoms with E-state index in [0.29, 0.717) is 0 Å². The van der Waals surface area contributed by atoms with Crippen molar-refractivity contribution >= 4 is 5.91 Å². The first-order chi connectivity index (χ1) is 6.56. The van der Waals surface area contributed by atoms with Crippen LogP contribution in [0.25, 0.3) is 0 Å². The lowest BCUT2D eigenvalue weighted by atomic mass is 10.1. The number of primary amides is 1. The number of aliphatic hydroxyl groups excluding tert-OH is 3. The van der Waals surface area contributed by atoms with Crippen molar-refractivity contribution in [1.29, 1.82) is 0 Å². The minimum atomic E-state index is -1.72. The molecule has 0 saturated carbocycles. The SMILES string of the molecule is NC(=O)C(O)C(O)c1ccc(CO)o1. The molecular weight excluding hydrogens is 190 g/mol. The standard InChI is InChI=1S/C8H11NO5/c9-8(13)7(12)6(11)5-2-1-4(3-10)14-5/h1-2,6-7,10-12H,3H2,(H2,9,13). The van der Waals surface area contributed by atoms with E-state index in [2.05, 4.69) is 0 Å². The monoisotopic (exact) mass is 201 g/mol. The average molecular weight is 201 g/mol. The highest BCUT2D eigenvalue weighted by molar-refractivity contribution is 5.79. The molecular formula is C8H11NO5. The zero-order valence-electron chi connectivity index (χ0n) is 7.25. The average Bonchev–Trinajstić information content (AvgIpc) is 2.63. The van der Waals surface area contributed by atoms with E-state index >= 15 is 0 Å². The first kappa shape index (κ1) is 10.7. The van der Waals surface area contributed by atoms with Gasteiger partial charge in [0.2, 0.25) is 5.91 Å². The quantitative estimate of drug-likeness (QED) is 0.480. The highest BCUT2D eigenvalue weighted by Gasteiger charge is 2.25. The summed E-state index contributed by atoms with van der Waals surface area (Å²) in [6.45, 7) is -0.320. The van der Waals surface area contributed by atoms with Gasteiger partial charge in [-0.25, -0.2) is 0 Å². The minimum Gasteiger partial charge on any atom is -0.461 e. The molecule has 5 N–H and O–H groups in total. The molecule has 0 saturated heterocycles. The lowest BCUT2D eigenvalue weighted by Gasteiger charge is -2.11. The molecule has 0 aromatic carbocycles. The molecule has 1 aromatic rings. The Bertz CT molecular complexity index is 321. The van der Waals surface area contributed by atoms with Gasteiger partial charge in [0, 0.05) is 0 Å². The maximum absolute atomic E-state index is 10.5. The smallest absolute Gasteiger partial charge is 0.249 e. The van der Waals surface area contributed by atoms with E-state index in [1.165, 1.54) is 12.1 Å². The van der Waals surface area contributed by atoms with Crippen LogP contribution in [0.15, 0.2) is 16.5 Å². The van der Waals surface area contributed by atoms with Crippen LogP contribution in [-0.4, -0.2) is 27.3 Å². The van der Waals surface area contributed by atoms with Crippen LogP contribution >= 0.6 is 0 Å². The van der Waals surface area contributed by atoms with Crippen molar-refractivity contribution in [2.24, 2.45) is 5.73 Å². The van der Waals surface area contributed by atoms with Crippen molar-refractivity contribution in [3.63, 3.8) is 0 Å². The van der Waals surface area contributed by atoms with Crippen LogP contribution in [0.3, 0.4) is 0 Å². The number of amides is 1. The van der Waals surface area contributed by atoms with Crippen molar-refractivity contribution in [2.45, 2.75) is 18.8 Å². The zero-order valence-corrected chi connectivity index (χ0v) is 7.25. The Hall–Kier alpha value is -1.37. The van der Waals surface area contributed by atoms with Gasteiger partial charge in [-0.3, -0.25) is 4.79 Å². The van der Waals surface area contributed by atoms with E-state index in [9.17, 15) is 9.90 Å². The van der Waals surface area contributed by atoms with E-state index in [1.54, 1.807) is 0 Å². The molecule has 0 aliphatic heterocycles. The summed E-state index contributed by atoms with van der Waals surface area (Å²) >= 11 is 0. The van der Waals surface area contributed by atoms with Crippen LogP contribution in [0.5, 0.6) is 0 Å². The molecule has 1 aromatic heterocycles. The highest BCUT2D eigenvalue weighted by Crippen LogP contribution is 2.19. The van der Waals surface area contributed by atoms with Crippen molar-refractivity contribution in [3.05, 3.63) is 23.7 Å². The van der Waals surface area contributed by atoms with E-state index in [4.69, 9.17) is 20.4 Å². The lowest BCUT2D eigenvalue weighted by molar-refractivity contribution is -0.132. The number of rotatable bonds is 4. The van der Waals surface area contributed by atoms with E-state index in [0.717, 1.165) is 0 Å². The molecule has 2 unspecified atom stereocenters. The number of nitrogens with two attached hydrogens (primary N) is 1. The van der Waals surface area contributed by atoms with Crippen LogP contribution in [0.2, 0.25) is 0 Å². The fourth-order valence-corrected chi connectivity index (χ4v) is 0.950. The minimum absolute atomic E-state index is 0.0136. The number of hydrogen-bond acceptors (Lipinski definition) is 5. The second-order valence-electron chi connectivity index (χ2n) is 2.75. The normalized spacial score (nSPS) is 15.1. The Morgan fingerprint density at radius 3 is 2.57 bits per heavy atom. The van der Waals surface area contributed by atoms with E-state index in [1.807, 2.05) is 0 Å². The Morgan fingerprint density at radius 1 is 1.50 bits per heavy atom. The Labute approximate surface area is 79.6 Å². The summed E-state index contributed by atoms with van der Waals surface area (Å²) in [6, 6.07) is 2.77. The summed E-state index contributed by atoms with van der Waals surface area (Å²) < 4.78 is 4.90. The molecule has 14 heavy (non-hydrogen) atoms. The third-order valence-corrected chi connectivity index (χ3v) is 1.72. The number of furan rings is 1. The summed E-state index contributed by atoms with van der Waals surface area (Å²) in [5.74, 6) is -0.824. The maximum Gasteiger partial charge on any atom is 0.249 e. The van der Waals surface area contributed by atoms with E-state index in [-0.39, 0.29) is 18.1 Å². The number of carbonyl (C=O) groups excluding carboxylic acids is 1. The highest BCUT2D eigenvalue weighted by atomic mass is 16.4. The van der Waals surface area contributed by atoms with Gasteiger partial charge in [0.05, 0.1) is 0 Å². The Morgan fingerprint density at radius 2 is 2.14 bits per heavy atom. The van der Waals surface area contributed by atoms with Gasteiger partial charge >= 0.3 is 0 Å². The molecule has 0 aliphatic rings. The van der Waals surface area contributed by atoms with Gasteiger partial charge in [-0.2, -0.15) is 0 Å². The number of aliphatic hydroxyl groups is 3. The summed E-state index contributed by atoms with van der Waals surface area (Å²) in [7, 11) is 0.